The van der Waals surface area contributed by atoms with Crippen molar-refractivity contribution in [3.05, 3.63) is 0 Å². The second-order valence-corrected chi connectivity index (χ2v) is 19.9. The largest absolute Gasteiger partial charge is 0.462 e. The number of carbonyl (C=O) groups excluding carboxylic acids is 3. The topological polar surface area (TPSA) is 78.9 Å². The van der Waals surface area contributed by atoms with E-state index in [0.717, 1.165) is 69.6 Å². The Hall–Kier alpha value is -1.59. The van der Waals surface area contributed by atoms with E-state index in [1.54, 1.807) is 0 Å². The van der Waals surface area contributed by atoms with Crippen LogP contribution in [-0.4, -0.2) is 37.2 Å². The summed E-state index contributed by atoms with van der Waals surface area (Å²) in [6, 6.07) is 0. The summed E-state index contributed by atoms with van der Waals surface area (Å²) in [7, 11) is 0. The van der Waals surface area contributed by atoms with Gasteiger partial charge < -0.3 is 14.2 Å². The molecule has 0 saturated heterocycles. The maximum absolute atomic E-state index is 12.8. The highest BCUT2D eigenvalue weighted by Crippen LogP contribution is 2.18. The normalized spacial score (nSPS) is 12.5. The second-order valence-electron chi connectivity index (χ2n) is 19.9. The van der Waals surface area contributed by atoms with E-state index in [-0.39, 0.29) is 31.1 Å². The molecule has 2 atom stereocenters. The molecule has 0 aliphatic rings. The molecule has 0 aliphatic heterocycles. The van der Waals surface area contributed by atoms with Gasteiger partial charge >= 0.3 is 17.9 Å². The zero-order valence-corrected chi connectivity index (χ0v) is 42.5. The predicted molar refractivity (Wildman–Crippen MR) is 266 cm³/mol. The van der Waals surface area contributed by atoms with Crippen LogP contribution >= 0.6 is 0 Å². The third-order valence-electron chi connectivity index (χ3n) is 13.1. The zero-order valence-electron chi connectivity index (χ0n) is 42.5. The van der Waals surface area contributed by atoms with Crippen LogP contribution in [-0.2, 0) is 28.6 Å². The molecule has 0 heterocycles. The highest BCUT2D eigenvalue weighted by atomic mass is 16.6. The van der Waals surface area contributed by atoms with E-state index < -0.39 is 6.10 Å². The van der Waals surface area contributed by atoms with Crippen molar-refractivity contribution in [3.8, 4) is 0 Å². The van der Waals surface area contributed by atoms with Crippen molar-refractivity contribution in [2.75, 3.05) is 13.2 Å². The minimum absolute atomic E-state index is 0.0631. The molecule has 0 rings (SSSR count). The molecule has 0 amide bonds. The van der Waals surface area contributed by atoms with E-state index in [1.807, 2.05) is 0 Å². The minimum atomic E-state index is -0.762. The van der Waals surface area contributed by atoms with Gasteiger partial charge in [0.05, 0.1) is 0 Å². The fourth-order valence-corrected chi connectivity index (χ4v) is 8.49. The molecule has 0 aromatic rings. The number of rotatable bonds is 50. The Morgan fingerprint density at radius 1 is 0.339 bits per heavy atom. The van der Waals surface area contributed by atoms with Gasteiger partial charge in [-0.1, -0.05) is 272 Å². The van der Waals surface area contributed by atoms with E-state index in [0.29, 0.717) is 19.3 Å². The van der Waals surface area contributed by atoms with E-state index in [1.165, 1.54) is 199 Å². The van der Waals surface area contributed by atoms with Crippen molar-refractivity contribution in [1.82, 2.24) is 0 Å². The maximum Gasteiger partial charge on any atom is 0.306 e. The van der Waals surface area contributed by atoms with E-state index in [2.05, 4.69) is 34.6 Å². The molecule has 0 fully saturated rings. The summed E-state index contributed by atoms with van der Waals surface area (Å²) in [6.07, 6.45) is 50.8. The molecule has 6 heteroatoms. The Morgan fingerprint density at radius 2 is 0.613 bits per heavy atom. The van der Waals surface area contributed by atoms with Crippen LogP contribution in [0.15, 0.2) is 0 Å². The summed E-state index contributed by atoms with van der Waals surface area (Å²) in [4.78, 5) is 38.0. The molecule has 0 bridgehead atoms. The van der Waals surface area contributed by atoms with Gasteiger partial charge in [-0.2, -0.15) is 0 Å². The Balaban J connectivity index is 4.28. The quantitative estimate of drug-likeness (QED) is 0.0344. The van der Waals surface area contributed by atoms with Crippen LogP contribution in [0.2, 0.25) is 0 Å². The molecular weight excluding hydrogens is 769 g/mol. The van der Waals surface area contributed by atoms with Crippen LogP contribution in [0.1, 0.15) is 311 Å². The molecule has 0 spiro atoms. The monoisotopic (exact) mass is 877 g/mol. The standard InChI is InChI=1S/C56H108O6/c1-6-8-9-10-11-12-13-20-26-31-36-41-46-54(57)60-49-53(62-56(59)48-43-38-33-28-23-22-25-30-35-40-45-52(5)7-2)50-61-55(58)47-42-37-32-27-21-18-16-14-15-17-19-24-29-34-39-44-51(3)4/h51-53H,6-50H2,1-5H3/t52?,53-/m0/s1. The molecule has 6 nitrogen and oxygen atoms in total. The molecule has 0 aromatic heterocycles. The summed E-state index contributed by atoms with van der Waals surface area (Å²) in [5.74, 6) is 0.874. The van der Waals surface area contributed by atoms with Gasteiger partial charge in [-0.3, -0.25) is 14.4 Å². The molecule has 0 N–H and O–H groups in total. The Kier molecular flexibility index (Phi) is 47.6. The minimum Gasteiger partial charge on any atom is -0.462 e. The van der Waals surface area contributed by atoms with Crippen molar-refractivity contribution in [1.29, 1.82) is 0 Å². The summed E-state index contributed by atoms with van der Waals surface area (Å²) in [5, 5.41) is 0. The number of unbranched alkanes of at least 4 members (excludes halogenated alkanes) is 34. The van der Waals surface area contributed by atoms with Gasteiger partial charge in [-0.15, -0.1) is 0 Å². The fourth-order valence-electron chi connectivity index (χ4n) is 8.49. The van der Waals surface area contributed by atoms with Crippen LogP contribution in [0.25, 0.3) is 0 Å². The van der Waals surface area contributed by atoms with E-state index in [9.17, 15) is 14.4 Å². The second kappa shape index (κ2) is 48.9. The molecule has 0 radical (unpaired) electrons. The molecule has 0 aromatic carbocycles. The molecule has 368 valence electrons. The molecule has 0 aliphatic carbocycles. The Bertz CT molecular complexity index is 949. The van der Waals surface area contributed by atoms with Crippen molar-refractivity contribution >= 4 is 17.9 Å². The fraction of sp³-hybridized carbons (Fsp3) is 0.946. The van der Waals surface area contributed by atoms with Gasteiger partial charge in [0.15, 0.2) is 6.10 Å². The third kappa shape index (κ3) is 47.9. The first kappa shape index (κ1) is 60.4. The summed E-state index contributed by atoms with van der Waals surface area (Å²) >= 11 is 0. The van der Waals surface area contributed by atoms with Crippen LogP contribution in [0.5, 0.6) is 0 Å². The van der Waals surface area contributed by atoms with Crippen molar-refractivity contribution in [3.63, 3.8) is 0 Å². The zero-order chi connectivity index (χ0) is 45.4. The van der Waals surface area contributed by atoms with Crippen LogP contribution in [0.4, 0.5) is 0 Å². The number of ether oxygens (including phenoxy) is 3. The highest BCUT2D eigenvalue weighted by molar-refractivity contribution is 5.71. The average Bonchev–Trinajstić information content (AvgIpc) is 3.26. The Labute approximate surface area is 387 Å². The third-order valence-corrected chi connectivity index (χ3v) is 13.1. The van der Waals surface area contributed by atoms with E-state index in [4.69, 9.17) is 14.2 Å². The molecule has 0 saturated carbocycles. The van der Waals surface area contributed by atoms with Gasteiger partial charge in [-0.25, -0.2) is 0 Å². The number of esters is 3. The maximum atomic E-state index is 12.8. The van der Waals surface area contributed by atoms with Crippen molar-refractivity contribution in [2.45, 2.75) is 317 Å². The first-order valence-electron chi connectivity index (χ1n) is 27.8. The summed E-state index contributed by atoms with van der Waals surface area (Å²) in [5.41, 5.74) is 0. The summed E-state index contributed by atoms with van der Waals surface area (Å²) in [6.45, 7) is 11.4. The van der Waals surface area contributed by atoms with Gasteiger partial charge in [0.25, 0.3) is 0 Å². The molecular formula is C56H108O6. The van der Waals surface area contributed by atoms with Crippen molar-refractivity contribution in [2.24, 2.45) is 11.8 Å². The lowest BCUT2D eigenvalue weighted by atomic mass is 9.99. The number of carbonyl (C=O) groups is 3. The van der Waals surface area contributed by atoms with Crippen LogP contribution in [0.3, 0.4) is 0 Å². The van der Waals surface area contributed by atoms with Crippen LogP contribution < -0.4 is 0 Å². The Morgan fingerprint density at radius 3 is 0.919 bits per heavy atom. The first-order chi connectivity index (χ1) is 30.3. The lowest BCUT2D eigenvalue weighted by molar-refractivity contribution is -0.167. The first-order valence-corrected chi connectivity index (χ1v) is 27.8. The van der Waals surface area contributed by atoms with Crippen molar-refractivity contribution < 1.29 is 28.6 Å². The molecule has 62 heavy (non-hydrogen) atoms. The number of hydrogen-bond donors (Lipinski definition) is 0. The molecule has 1 unspecified atom stereocenters. The van der Waals surface area contributed by atoms with Gasteiger partial charge in [0.1, 0.15) is 13.2 Å². The van der Waals surface area contributed by atoms with Gasteiger partial charge in [0, 0.05) is 19.3 Å². The van der Waals surface area contributed by atoms with Crippen LogP contribution in [0, 0.1) is 11.8 Å². The number of hydrogen-bond acceptors (Lipinski definition) is 6. The predicted octanol–water partition coefficient (Wildman–Crippen LogP) is 18.1. The smallest absolute Gasteiger partial charge is 0.306 e. The van der Waals surface area contributed by atoms with Gasteiger partial charge in [-0.05, 0) is 31.1 Å². The van der Waals surface area contributed by atoms with E-state index >= 15 is 0 Å². The SMILES string of the molecule is CCCCCCCCCCCCCCC(=O)OC[C@@H](COC(=O)CCCCCCCCCCCCCCCCCC(C)C)OC(=O)CCCCCCCCCCCCC(C)CC. The highest BCUT2D eigenvalue weighted by Gasteiger charge is 2.19. The summed E-state index contributed by atoms with van der Waals surface area (Å²) < 4.78 is 16.9. The average molecular weight is 877 g/mol. The lowest BCUT2D eigenvalue weighted by Gasteiger charge is -2.18. The van der Waals surface area contributed by atoms with Gasteiger partial charge in [0.2, 0.25) is 0 Å². The lowest BCUT2D eigenvalue weighted by Crippen LogP contribution is -2.30.